The van der Waals surface area contributed by atoms with Crippen molar-refractivity contribution in [3.63, 3.8) is 0 Å². The van der Waals surface area contributed by atoms with Crippen LogP contribution >= 0.6 is 0 Å². The monoisotopic (exact) mass is 460 g/mol. The van der Waals surface area contributed by atoms with Gasteiger partial charge in [-0.15, -0.1) is 0 Å². The Morgan fingerprint density at radius 3 is 1.40 bits per heavy atom. The van der Waals surface area contributed by atoms with Gasteiger partial charge in [-0.05, 0) is 36.5 Å². The number of hydrogen-bond acceptors (Lipinski definition) is 6. The maximum atomic E-state index is 12.4. The molecule has 0 fully saturated rings. The maximum absolute atomic E-state index is 12.4. The molecular formula is C20H32N2O6S2. The molecule has 2 N–H and O–H groups in total. The summed E-state index contributed by atoms with van der Waals surface area (Å²) in [5.41, 5.74) is 0.375. The topological polar surface area (TPSA) is 126 Å². The van der Waals surface area contributed by atoms with E-state index in [1.807, 2.05) is 27.7 Å². The highest BCUT2D eigenvalue weighted by Gasteiger charge is 2.23. The molecule has 0 saturated heterocycles. The van der Waals surface area contributed by atoms with Gasteiger partial charge in [0.15, 0.2) is 0 Å². The van der Waals surface area contributed by atoms with Crippen molar-refractivity contribution in [3.8, 4) is 0 Å². The second kappa shape index (κ2) is 10.6. The molecule has 0 aromatic carbocycles. The second-order valence-corrected chi connectivity index (χ2v) is 12.7. The van der Waals surface area contributed by atoms with Crippen LogP contribution in [0, 0.1) is 10.8 Å². The first-order valence-corrected chi connectivity index (χ1v) is 13.0. The van der Waals surface area contributed by atoms with Crippen LogP contribution < -0.4 is 11.1 Å². The summed E-state index contributed by atoms with van der Waals surface area (Å²) in [5, 5.41) is 4.56. The van der Waals surface area contributed by atoms with Crippen LogP contribution in [0.5, 0.6) is 0 Å². The molecular weight excluding hydrogens is 428 g/mol. The largest absolute Gasteiger partial charge is 0.387 e. The lowest BCUT2D eigenvalue weighted by Gasteiger charge is -2.23. The van der Waals surface area contributed by atoms with Gasteiger partial charge in [-0.3, -0.25) is 18.0 Å². The third kappa shape index (κ3) is 8.22. The first-order valence-electron chi connectivity index (χ1n) is 9.97. The molecule has 0 aliphatic carbocycles. The van der Waals surface area contributed by atoms with Gasteiger partial charge >= 0.3 is 0 Å². The fourth-order valence-corrected chi connectivity index (χ4v) is 6.62. The molecule has 2 atom stereocenters. The number of aromatic nitrogens is 2. The molecule has 0 spiro atoms. The lowest BCUT2D eigenvalue weighted by atomic mass is 9.84. The molecule has 30 heavy (non-hydrogen) atoms. The molecule has 0 radical (unpaired) electrons. The van der Waals surface area contributed by atoms with E-state index in [9.17, 15) is 18.0 Å². The molecule has 0 aliphatic rings. The Morgan fingerprint density at radius 1 is 0.733 bits per heavy atom. The van der Waals surface area contributed by atoms with E-state index in [-0.39, 0.29) is 21.9 Å². The first kappa shape index (κ1) is 24.6. The quantitative estimate of drug-likeness (QED) is 0.473. The molecule has 0 amide bonds. The smallest absolute Gasteiger partial charge is 0.283 e. The number of aromatic amines is 2. The van der Waals surface area contributed by atoms with Crippen LogP contribution in [0.2, 0.25) is 0 Å². The van der Waals surface area contributed by atoms with Gasteiger partial charge in [0, 0.05) is 44.6 Å². The molecule has 2 aromatic heterocycles. The molecule has 2 heterocycles. The van der Waals surface area contributed by atoms with Gasteiger partial charge < -0.3 is 9.05 Å². The predicted octanol–water partition coefficient (Wildman–Crippen LogP) is 2.36. The Bertz CT molecular complexity index is 888. The Labute approximate surface area is 181 Å². The summed E-state index contributed by atoms with van der Waals surface area (Å²) in [4.78, 5) is 23.2. The van der Waals surface area contributed by atoms with Crippen LogP contribution in [0.15, 0.2) is 31.2 Å². The summed E-state index contributed by atoms with van der Waals surface area (Å²) < 4.78 is 34.3. The third-order valence-corrected chi connectivity index (χ3v) is 8.07. The molecule has 0 bridgehead atoms. The zero-order valence-corrected chi connectivity index (χ0v) is 19.7. The van der Waals surface area contributed by atoms with Crippen LogP contribution in [0.4, 0.5) is 0 Å². The molecule has 2 aromatic rings. The van der Waals surface area contributed by atoms with Crippen molar-refractivity contribution in [2.75, 3.05) is 23.0 Å². The first-order chi connectivity index (χ1) is 14.0. The van der Waals surface area contributed by atoms with Crippen molar-refractivity contribution in [2.45, 2.75) is 53.4 Å². The summed E-state index contributed by atoms with van der Waals surface area (Å²) in [6, 6.07) is 0. The average molecular weight is 461 g/mol. The number of hydrogen-bond donors (Lipinski definition) is 2. The van der Waals surface area contributed by atoms with Crippen molar-refractivity contribution in [2.24, 2.45) is 10.8 Å². The fraction of sp³-hybridized carbons (Fsp3) is 0.700. The summed E-state index contributed by atoms with van der Waals surface area (Å²) >= 11 is 0. The minimum Gasteiger partial charge on any atom is -0.387 e. The number of H-pyrrole nitrogens is 2. The van der Waals surface area contributed by atoms with Crippen LogP contribution in [-0.2, 0) is 34.4 Å². The average Bonchev–Trinajstić information content (AvgIpc) is 3.24. The molecule has 10 heteroatoms. The zero-order chi connectivity index (χ0) is 22.4. The van der Waals surface area contributed by atoms with Gasteiger partial charge in [-0.2, -0.15) is 10.3 Å². The highest BCUT2D eigenvalue weighted by atomic mass is 32.2. The lowest BCUT2D eigenvalue weighted by molar-refractivity contribution is 0.348. The molecule has 2 unspecified atom stereocenters. The van der Waals surface area contributed by atoms with E-state index in [0.717, 1.165) is 0 Å². The maximum Gasteiger partial charge on any atom is 0.283 e. The number of rotatable bonds is 13. The van der Waals surface area contributed by atoms with Gasteiger partial charge in [0.25, 0.3) is 11.1 Å². The summed E-state index contributed by atoms with van der Waals surface area (Å²) in [5.74, 6) is 1.82. The van der Waals surface area contributed by atoms with Gasteiger partial charge in [0.05, 0.1) is 11.1 Å². The van der Waals surface area contributed by atoms with Gasteiger partial charge in [0.1, 0.15) is 12.5 Å². The predicted molar refractivity (Wildman–Crippen MR) is 119 cm³/mol. The van der Waals surface area contributed by atoms with E-state index < -0.39 is 21.6 Å². The fourth-order valence-electron chi connectivity index (χ4n) is 3.17. The molecule has 170 valence electrons. The standard InChI is InChI=1S/C20H32N2O6S2/c1-19(2,11-15-13-27-21-17(15)23)5-7-29(25)9-10-30(26)8-6-20(3,4)12-16-14-28-22-18(16)24/h13-14H,5-12H2,1-4H3,(H,21,23)(H,22,24). The lowest BCUT2D eigenvalue weighted by Crippen LogP contribution is -2.24. The van der Waals surface area contributed by atoms with E-state index >= 15 is 0 Å². The minimum atomic E-state index is -1.06. The Morgan fingerprint density at radius 2 is 1.10 bits per heavy atom. The second-order valence-electron chi connectivity index (χ2n) is 9.26. The van der Waals surface area contributed by atoms with Gasteiger partial charge in [-0.1, -0.05) is 27.7 Å². The van der Waals surface area contributed by atoms with Crippen molar-refractivity contribution in [1.29, 1.82) is 0 Å². The van der Waals surface area contributed by atoms with Gasteiger partial charge in [0.2, 0.25) is 0 Å². The van der Waals surface area contributed by atoms with E-state index in [0.29, 0.717) is 59.8 Å². The van der Waals surface area contributed by atoms with Gasteiger partial charge in [-0.25, -0.2) is 0 Å². The summed E-state index contributed by atoms with van der Waals surface area (Å²) in [6.07, 6.45) is 5.35. The minimum absolute atomic E-state index is 0.180. The molecule has 0 aliphatic heterocycles. The van der Waals surface area contributed by atoms with E-state index in [4.69, 9.17) is 9.05 Å². The van der Waals surface area contributed by atoms with Crippen LogP contribution in [0.25, 0.3) is 0 Å². The van der Waals surface area contributed by atoms with E-state index in [1.54, 1.807) is 0 Å². The van der Waals surface area contributed by atoms with Crippen LogP contribution in [0.3, 0.4) is 0 Å². The Balaban J connectivity index is 1.69. The van der Waals surface area contributed by atoms with Crippen molar-refractivity contribution >= 4 is 21.6 Å². The highest BCUT2D eigenvalue weighted by molar-refractivity contribution is 7.88. The molecule has 2 rings (SSSR count). The van der Waals surface area contributed by atoms with Crippen molar-refractivity contribution < 1.29 is 17.5 Å². The SMILES string of the molecule is CC(C)(CCS(=O)CCS(=O)CCC(C)(C)Cc1co[nH]c1=O)Cc1co[nH]c1=O. The zero-order valence-electron chi connectivity index (χ0n) is 18.1. The summed E-state index contributed by atoms with van der Waals surface area (Å²) in [7, 11) is -2.11. The molecule has 0 saturated carbocycles. The number of nitrogens with one attached hydrogen (secondary N) is 2. The summed E-state index contributed by atoms with van der Waals surface area (Å²) in [6.45, 7) is 8.12. The van der Waals surface area contributed by atoms with E-state index in [2.05, 4.69) is 10.3 Å². The Kier molecular flexibility index (Phi) is 8.66. The molecule has 8 nitrogen and oxygen atoms in total. The third-order valence-electron chi connectivity index (χ3n) is 5.18. The normalized spacial score (nSPS) is 14.7. The van der Waals surface area contributed by atoms with Crippen LogP contribution in [-0.4, -0.2) is 41.7 Å². The van der Waals surface area contributed by atoms with Crippen molar-refractivity contribution in [1.82, 2.24) is 10.3 Å². The van der Waals surface area contributed by atoms with Crippen LogP contribution in [0.1, 0.15) is 51.7 Å². The highest BCUT2D eigenvalue weighted by Crippen LogP contribution is 2.26. The van der Waals surface area contributed by atoms with E-state index in [1.165, 1.54) is 12.5 Å². The van der Waals surface area contributed by atoms with Crippen molar-refractivity contribution in [3.05, 3.63) is 44.4 Å². The Hall–Kier alpha value is -1.68.